The van der Waals surface area contributed by atoms with E-state index in [1.165, 1.54) is 0 Å². The van der Waals surface area contributed by atoms with Crippen molar-refractivity contribution < 1.29 is 23.6 Å². The van der Waals surface area contributed by atoms with Gasteiger partial charge in [0, 0.05) is 34.7 Å². The van der Waals surface area contributed by atoms with Gasteiger partial charge >= 0.3 is 12.0 Å². The normalized spacial score (nSPS) is 21.9. The maximum absolute atomic E-state index is 11.6. The van der Waals surface area contributed by atoms with Gasteiger partial charge in [0.15, 0.2) is 0 Å². The number of halogens is 2. The van der Waals surface area contributed by atoms with Gasteiger partial charge in [-0.15, -0.1) is 5.10 Å². The number of aromatic carboxylic acids is 1. The van der Waals surface area contributed by atoms with E-state index in [1.807, 2.05) is 6.07 Å². The van der Waals surface area contributed by atoms with E-state index in [9.17, 15) is 9.90 Å². The minimum absolute atomic E-state index is 0.0536. The molecule has 4 aromatic rings. The average molecular weight is 595 g/mol. The molecule has 2 aromatic heterocycles. The lowest BCUT2D eigenvalue weighted by molar-refractivity contribution is 0.0139. The molecule has 1 saturated carbocycles. The van der Waals surface area contributed by atoms with E-state index in [-0.39, 0.29) is 23.8 Å². The first-order chi connectivity index (χ1) is 19.9. The molecule has 0 spiro atoms. The van der Waals surface area contributed by atoms with Crippen LogP contribution < -0.4 is 4.90 Å². The second kappa shape index (κ2) is 10.5. The van der Waals surface area contributed by atoms with Crippen molar-refractivity contribution in [2.24, 2.45) is 0 Å². The highest BCUT2D eigenvalue weighted by Crippen LogP contribution is 2.47. The minimum Gasteiger partial charge on any atom is -0.478 e. The van der Waals surface area contributed by atoms with Crippen molar-refractivity contribution in [2.75, 3.05) is 4.90 Å². The molecule has 7 rings (SSSR count). The monoisotopic (exact) mass is 594 g/mol. The Morgan fingerprint density at radius 2 is 1.80 bits per heavy atom. The number of aryl methyl sites for hydroxylation is 1. The molecule has 3 aliphatic rings. The molecule has 2 aromatic carbocycles. The summed E-state index contributed by atoms with van der Waals surface area (Å²) in [5.41, 5.74) is 3.75. The summed E-state index contributed by atoms with van der Waals surface area (Å²) in [5, 5.41) is 23.5. The Kier molecular flexibility index (Phi) is 6.76. The van der Waals surface area contributed by atoms with Gasteiger partial charge in [-0.2, -0.15) is 0 Å². The minimum atomic E-state index is -0.984. The smallest absolute Gasteiger partial charge is 0.335 e. The third kappa shape index (κ3) is 4.90. The van der Waals surface area contributed by atoms with E-state index in [4.69, 9.17) is 36.9 Å². The van der Waals surface area contributed by atoms with Crippen molar-refractivity contribution in [2.45, 2.75) is 76.2 Å². The van der Waals surface area contributed by atoms with Crippen molar-refractivity contribution >= 4 is 35.2 Å². The zero-order valence-corrected chi connectivity index (χ0v) is 23.9. The first-order valence-electron chi connectivity index (χ1n) is 13.9. The predicted octanol–water partition coefficient (Wildman–Crippen LogP) is 7.30. The summed E-state index contributed by atoms with van der Waals surface area (Å²) >= 11 is 13.0. The van der Waals surface area contributed by atoms with Gasteiger partial charge in [0.05, 0.1) is 28.3 Å². The number of carboxylic acid groups (broad SMARTS) is 1. The number of aromatic nitrogens is 3. The zero-order chi connectivity index (χ0) is 28.2. The second-order valence-electron chi connectivity index (χ2n) is 11.2. The number of carboxylic acids is 1. The molecule has 2 bridgehead atoms. The molecular formula is C30H28Cl2N4O5. The summed E-state index contributed by atoms with van der Waals surface area (Å²) in [7, 11) is 0. The molecular weight excluding hydrogens is 567 g/mol. The van der Waals surface area contributed by atoms with E-state index >= 15 is 0 Å². The van der Waals surface area contributed by atoms with Gasteiger partial charge in [-0.25, -0.2) is 4.79 Å². The van der Waals surface area contributed by atoms with Gasteiger partial charge in [0.1, 0.15) is 11.5 Å². The van der Waals surface area contributed by atoms with Crippen molar-refractivity contribution in [1.82, 2.24) is 15.4 Å². The molecule has 212 valence electrons. The van der Waals surface area contributed by atoms with Gasteiger partial charge in [-0.3, -0.25) is 0 Å². The van der Waals surface area contributed by atoms with Crippen LogP contribution in [0.4, 0.5) is 6.01 Å². The molecule has 2 saturated heterocycles. The highest BCUT2D eigenvalue weighted by molar-refractivity contribution is 6.39. The summed E-state index contributed by atoms with van der Waals surface area (Å²) in [6, 6.07) is 11.4. The molecule has 2 aliphatic heterocycles. The van der Waals surface area contributed by atoms with Crippen LogP contribution in [0.2, 0.25) is 10.0 Å². The van der Waals surface area contributed by atoms with Crippen molar-refractivity contribution in [3.8, 4) is 22.7 Å². The zero-order valence-electron chi connectivity index (χ0n) is 22.3. The van der Waals surface area contributed by atoms with Crippen LogP contribution in [0.1, 0.15) is 71.7 Å². The third-order valence-corrected chi connectivity index (χ3v) is 9.10. The number of benzene rings is 2. The summed E-state index contributed by atoms with van der Waals surface area (Å²) in [6.07, 6.45) is 5.88. The maximum atomic E-state index is 11.6. The lowest BCUT2D eigenvalue weighted by atomic mass is 10.00. The quantitative estimate of drug-likeness (QED) is 0.224. The van der Waals surface area contributed by atoms with Crippen LogP contribution in [-0.2, 0) is 11.3 Å². The van der Waals surface area contributed by atoms with E-state index in [2.05, 4.69) is 20.3 Å². The van der Waals surface area contributed by atoms with Crippen LogP contribution >= 0.6 is 23.2 Å². The van der Waals surface area contributed by atoms with E-state index in [0.29, 0.717) is 56.9 Å². The number of hydrogen-bond donors (Lipinski definition) is 1. The summed E-state index contributed by atoms with van der Waals surface area (Å²) in [6.45, 7) is 2.14. The molecule has 0 radical (unpaired) electrons. The van der Waals surface area contributed by atoms with E-state index in [1.54, 1.807) is 37.3 Å². The summed E-state index contributed by atoms with van der Waals surface area (Å²) in [4.78, 5) is 13.8. The van der Waals surface area contributed by atoms with Gasteiger partial charge in [0.25, 0.3) is 0 Å². The van der Waals surface area contributed by atoms with Gasteiger partial charge < -0.3 is 23.7 Å². The first-order valence-corrected chi connectivity index (χ1v) is 14.6. The van der Waals surface area contributed by atoms with Gasteiger partial charge in [-0.1, -0.05) is 45.6 Å². The predicted molar refractivity (Wildman–Crippen MR) is 152 cm³/mol. The van der Waals surface area contributed by atoms with Crippen LogP contribution in [0, 0.1) is 6.92 Å². The highest BCUT2D eigenvalue weighted by atomic mass is 35.5. The number of anilines is 1. The molecule has 1 N–H and O–H groups in total. The molecule has 2 unspecified atom stereocenters. The fourth-order valence-electron chi connectivity index (χ4n) is 6.25. The Morgan fingerprint density at radius 3 is 2.49 bits per heavy atom. The van der Waals surface area contributed by atoms with E-state index in [0.717, 1.165) is 49.8 Å². The molecule has 2 atom stereocenters. The maximum Gasteiger partial charge on any atom is 0.335 e. The Bertz CT molecular complexity index is 1600. The van der Waals surface area contributed by atoms with Crippen LogP contribution in [0.3, 0.4) is 0 Å². The molecule has 1 aliphatic carbocycles. The fourth-order valence-corrected chi connectivity index (χ4v) is 6.82. The van der Waals surface area contributed by atoms with Gasteiger partial charge in [-0.05, 0) is 75.3 Å². The molecule has 0 amide bonds. The standard InChI is InChI=1S/C30H28Cl2N4O5/c1-15-5-6-17(11-21(15)29(37)38)28-33-34-30(40-28)36-18-9-10-19(36)13-20(12-18)39-14-22-26(35-41-27(22)16-7-8-16)25-23(31)3-2-4-24(25)32/h2-6,11,16,18-20H,7-10,12-14H2,1H3,(H,37,38). The Labute approximate surface area is 246 Å². The van der Waals surface area contributed by atoms with Crippen molar-refractivity contribution in [1.29, 1.82) is 0 Å². The van der Waals surface area contributed by atoms with Crippen molar-refractivity contribution in [3.05, 3.63) is 68.9 Å². The first kappa shape index (κ1) is 26.5. The number of piperidine rings is 1. The van der Waals surface area contributed by atoms with Crippen LogP contribution in [-0.4, -0.2) is 44.6 Å². The van der Waals surface area contributed by atoms with E-state index < -0.39 is 5.97 Å². The molecule has 11 heteroatoms. The Morgan fingerprint density at radius 1 is 1.07 bits per heavy atom. The number of ether oxygens (including phenoxy) is 1. The fraction of sp³-hybridized carbons (Fsp3) is 0.400. The molecule has 4 heterocycles. The number of nitrogens with zero attached hydrogens (tertiary/aromatic N) is 4. The lowest BCUT2D eigenvalue weighted by Crippen LogP contribution is -2.45. The Hall–Kier alpha value is -3.40. The highest BCUT2D eigenvalue weighted by Gasteiger charge is 2.44. The number of rotatable bonds is 8. The molecule has 9 nitrogen and oxygen atoms in total. The van der Waals surface area contributed by atoms with Crippen LogP contribution in [0.5, 0.6) is 0 Å². The third-order valence-electron chi connectivity index (χ3n) is 8.47. The second-order valence-corrected chi connectivity index (χ2v) is 12.0. The lowest BCUT2D eigenvalue weighted by Gasteiger charge is -2.37. The van der Waals surface area contributed by atoms with Crippen LogP contribution in [0.15, 0.2) is 45.3 Å². The SMILES string of the molecule is Cc1ccc(-c2nnc(N3C4CCC3CC(OCc3c(-c5c(Cl)cccc5Cl)noc3C3CC3)C4)o2)cc1C(=O)O. The van der Waals surface area contributed by atoms with Crippen molar-refractivity contribution in [3.63, 3.8) is 0 Å². The largest absolute Gasteiger partial charge is 0.478 e. The number of carbonyl (C=O) groups is 1. The molecule has 41 heavy (non-hydrogen) atoms. The summed E-state index contributed by atoms with van der Waals surface area (Å²) < 4.78 is 18.4. The van der Waals surface area contributed by atoms with Gasteiger partial charge in [0.2, 0.25) is 5.89 Å². The summed E-state index contributed by atoms with van der Waals surface area (Å²) in [5.74, 6) is 0.561. The average Bonchev–Trinajstić information content (AvgIpc) is 3.42. The van der Waals surface area contributed by atoms with Crippen LogP contribution in [0.25, 0.3) is 22.7 Å². The topological polar surface area (TPSA) is 115 Å². The number of hydrogen-bond acceptors (Lipinski definition) is 8. The number of fused-ring (bicyclic) bond motifs is 2. The Balaban J connectivity index is 1.07. The molecule has 3 fully saturated rings.